The number of benzene rings is 2. The molecule has 0 unspecified atom stereocenters. The SMILES string of the molecule is COc1nnc(Cl)cc1Cn1cnc(C(F)(F)F)c(Oc2cc(Cl)cc(C#N)c2)c1=O.N#Cc1cc(Cl)cc(Oc2c(C(F)(F)F)ncn(Cc3cc(Cl)n[nH]c3=O)c2=O)c1. The second-order valence-electron chi connectivity index (χ2n) is 11.7. The standard InChI is InChI=1S/C18H10Cl2F3N5O3.C17H8Cl2F3N5O3/c1-30-16-10(4-13(20)26-27-16)7-28-8-25-15(18(21,22)23)14(17(28)29)31-12-3-9(6-24)2-11(19)5-12;18-10-1-8(5-23)2-11(4-10)30-13-14(17(20,21)22)24-7-27(16(13)29)6-9-3-12(19)25-26-15(9)28/h2-5,8H,7H2,1H3;1-4,7H,6H2,(H,26,28). The van der Waals surface area contributed by atoms with Gasteiger partial charge in [0.2, 0.25) is 17.4 Å². The van der Waals surface area contributed by atoms with Gasteiger partial charge in [0.1, 0.15) is 16.7 Å². The molecule has 0 aliphatic carbocycles. The molecule has 0 radical (unpaired) electrons. The lowest BCUT2D eigenvalue weighted by molar-refractivity contribution is -0.143. The molecule has 16 nitrogen and oxygen atoms in total. The van der Waals surface area contributed by atoms with Crippen molar-refractivity contribution in [3.05, 3.63) is 146 Å². The number of methoxy groups -OCH3 is 1. The van der Waals surface area contributed by atoms with Crippen molar-refractivity contribution in [1.29, 1.82) is 10.5 Å². The number of alkyl halides is 6. The fourth-order valence-electron chi connectivity index (χ4n) is 4.94. The second kappa shape index (κ2) is 18.7. The van der Waals surface area contributed by atoms with E-state index in [1.165, 1.54) is 25.3 Å². The predicted octanol–water partition coefficient (Wildman–Crippen LogP) is 7.44. The molecule has 0 aliphatic heterocycles. The summed E-state index contributed by atoms with van der Waals surface area (Å²) >= 11 is 23.2. The molecule has 2 aromatic carbocycles. The van der Waals surface area contributed by atoms with Crippen LogP contribution in [0.3, 0.4) is 0 Å². The summed E-state index contributed by atoms with van der Waals surface area (Å²) in [6.45, 7) is -0.728. The van der Waals surface area contributed by atoms with E-state index in [2.05, 4.69) is 30.4 Å². The number of H-pyrrole nitrogens is 1. The lowest BCUT2D eigenvalue weighted by atomic mass is 10.2. The van der Waals surface area contributed by atoms with Crippen molar-refractivity contribution in [3.63, 3.8) is 0 Å². The smallest absolute Gasteiger partial charge is 0.437 e. The third-order valence-corrected chi connectivity index (χ3v) is 8.31. The minimum absolute atomic E-state index is 0.00763. The average molecular weight is 930 g/mol. The highest BCUT2D eigenvalue weighted by molar-refractivity contribution is 6.31. The maximum atomic E-state index is 13.5. The largest absolute Gasteiger partial charge is 0.480 e. The van der Waals surface area contributed by atoms with E-state index in [4.69, 9.17) is 71.1 Å². The molecular weight excluding hydrogens is 912 g/mol. The lowest BCUT2D eigenvalue weighted by Gasteiger charge is -2.15. The molecule has 26 heteroatoms. The van der Waals surface area contributed by atoms with Gasteiger partial charge in [0, 0.05) is 21.2 Å². The molecule has 4 aromatic heterocycles. The summed E-state index contributed by atoms with van der Waals surface area (Å²) in [7, 11) is 1.30. The first-order valence-electron chi connectivity index (χ1n) is 16.1. The zero-order chi connectivity index (χ0) is 44.8. The molecule has 314 valence electrons. The molecule has 6 aromatic rings. The zero-order valence-corrected chi connectivity index (χ0v) is 33.0. The van der Waals surface area contributed by atoms with Crippen LogP contribution in [-0.4, -0.2) is 46.6 Å². The number of nitrogens with zero attached hydrogens (tertiary/aromatic N) is 9. The van der Waals surface area contributed by atoms with Crippen LogP contribution in [0.4, 0.5) is 26.3 Å². The van der Waals surface area contributed by atoms with Crippen molar-refractivity contribution in [2.24, 2.45) is 0 Å². The normalized spacial score (nSPS) is 11.2. The second-order valence-corrected chi connectivity index (χ2v) is 13.4. The predicted molar refractivity (Wildman–Crippen MR) is 201 cm³/mol. The van der Waals surface area contributed by atoms with Gasteiger partial charge in [0.25, 0.3) is 16.7 Å². The Bertz CT molecular complexity index is 2910. The maximum Gasteiger partial charge on any atom is 0.437 e. The fourth-order valence-corrected chi connectivity index (χ4v) is 5.73. The van der Waals surface area contributed by atoms with Crippen LogP contribution in [0.25, 0.3) is 0 Å². The van der Waals surface area contributed by atoms with Gasteiger partial charge in [-0.3, -0.25) is 23.5 Å². The van der Waals surface area contributed by atoms with Gasteiger partial charge in [0.05, 0.1) is 56.1 Å². The monoisotopic (exact) mass is 928 g/mol. The Labute approximate surface area is 355 Å². The van der Waals surface area contributed by atoms with E-state index in [1.807, 2.05) is 0 Å². The Morgan fingerprint density at radius 1 is 0.672 bits per heavy atom. The highest BCUT2D eigenvalue weighted by Crippen LogP contribution is 2.37. The molecule has 6 rings (SSSR count). The molecule has 0 saturated carbocycles. The van der Waals surface area contributed by atoms with E-state index in [1.54, 1.807) is 12.1 Å². The van der Waals surface area contributed by atoms with E-state index in [0.29, 0.717) is 12.7 Å². The summed E-state index contributed by atoms with van der Waals surface area (Å²) in [6.07, 6.45) is -8.65. The number of aromatic amines is 1. The first kappa shape index (κ1) is 45.4. The van der Waals surface area contributed by atoms with Crippen LogP contribution in [0.1, 0.15) is 33.6 Å². The van der Waals surface area contributed by atoms with Crippen LogP contribution in [0.5, 0.6) is 28.9 Å². The van der Waals surface area contributed by atoms with Crippen LogP contribution >= 0.6 is 46.4 Å². The van der Waals surface area contributed by atoms with Gasteiger partial charge in [-0.15, -0.1) is 10.2 Å². The van der Waals surface area contributed by atoms with Crippen LogP contribution in [0, 0.1) is 22.7 Å². The number of rotatable bonds is 9. The van der Waals surface area contributed by atoms with E-state index in [-0.39, 0.29) is 66.5 Å². The van der Waals surface area contributed by atoms with Crippen molar-refractivity contribution in [2.45, 2.75) is 25.4 Å². The highest BCUT2D eigenvalue weighted by atomic mass is 35.5. The average Bonchev–Trinajstić information content (AvgIpc) is 3.18. The quantitative estimate of drug-likeness (QED) is 0.140. The van der Waals surface area contributed by atoms with Crippen LogP contribution < -0.4 is 30.9 Å². The number of nitrogens with one attached hydrogen (secondary N) is 1. The van der Waals surface area contributed by atoms with Crippen molar-refractivity contribution < 1.29 is 40.6 Å². The first-order chi connectivity index (χ1) is 28.7. The van der Waals surface area contributed by atoms with Gasteiger partial charge in [-0.05, 0) is 48.5 Å². The van der Waals surface area contributed by atoms with E-state index in [9.17, 15) is 40.7 Å². The van der Waals surface area contributed by atoms with Gasteiger partial charge < -0.3 is 14.2 Å². The van der Waals surface area contributed by atoms with Crippen molar-refractivity contribution in [2.75, 3.05) is 7.11 Å². The minimum Gasteiger partial charge on any atom is -0.480 e. The summed E-state index contributed by atoms with van der Waals surface area (Å²) < 4.78 is 97.5. The topological polar surface area (TPSA) is 217 Å². The fraction of sp³-hybridized carbons (Fsp3) is 0.143. The van der Waals surface area contributed by atoms with E-state index < -0.39 is 58.5 Å². The summed E-state index contributed by atoms with van der Waals surface area (Å²) in [4.78, 5) is 44.0. The summed E-state index contributed by atoms with van der Waals surface area (Å²) in [5.41, 5.74) is -5.91. The number of ether oxygens (including phenoxy) is 3. The van der Waals surface area contributed by atoms with Gasteiger partial charge in [0.15, 0.2) is 16.5 Å². The number of aromatic nitrogens is 8. The lowest BCUT2D eigenvalue weighted by Crippen LogP contribution is -2.28. The third-order valence-electron chi connectivity index (χ3n) is 7.50. The Morgan fingerprint density at radius 3 is 1.57 bits per heavy atom. The Kier molecular flexibility index (Phi) is 13.9. The summed E-state index contributed by atoms with van der Waals surface area (Å²) in [6, 6.07) is 13.1. The van der Waals surface area contributed by atoms with Crippen molar-refractivity contribution in [1.82, 2.24) is 39.5 Å². The van der Waals surface area contributed by atoms with E-state index >= 15 is 0 Å². The minimum atomic E-state index is -5.01. The summed E-state index contributed by atoms with van der Waals surface area (Å²) in [5.74, 6) is -2.73. The van der Waals surface area contributed by atoms with Gasteiger partial charge in [-0.2, -0.15) is 42.0 Å². The number of nitriles is 2. The molecule has 1 N–H and O–H groups in total. The van der Waals surface area contributed by atoms with Gasteiger partial charge in [-0.1, -0.05) is 46.4 Å². The van der Waals surface area contributed by atoms with Crippen LogP contribution in [-0.2, 0) is 25.4 Å². The first-order valence-corrected chi connectivity index (χ1v) is 17.6. The van der Waals surface area contributed by atoms with Gasteiger partial charge in [-0.25, -0.2) is 15.1 Å². The molecule has 0 spiro atoms. The molecule has 4 heterocycles. The van der Waals surface area contributed by atoms with Crippen molar-refractivity contribution >= 4 is 46.4 Å². The Hall–Kier alpha value is -6.72. The van der Waals surface area contributed by atoms with Gasteiger partial charge >= 0.3 is 12.4 Å². The van der Waals surface area contributed by atoms with E-state index in [0.717, 1.165) is 39.5 Å². The highest BCUT2D eigenvalue weighted by Gasteiger charge is 2.40. The van der Waals surface area contributed by atoms with Crippen LogP contribution in [0.15, 0.2) is 75.6 Å². The molecule has 0 amide bonds. The Balaban J connectivity index is 0.000000231. The van der Waals surface area contributed by atoms with Crippen LogP contribution in [0.2, 0.25) is 20.4 Å². The number of hydrogen-bond acceptors (Lipinski definition) is 13. The van der Waals surface area contributed by atoms with Crippen molar-refractivity contribution in [3.8, 4) is 41.0 Å². The maximum absolute atomic E-state index is 13.5. The zero-order valence-electron chi connectivity index (χ0n) is 29.9. The number of halogens is 10. The molecular formula is C35H18Cl4F6N10O6. The third kappa shape index (κ3) is 11.3. The molecule has 0 saturated heterocycles. The molecule has 0 atom stereocenters. The molecule has 61 heavy (non-hydrogen) atoms. The Morgan fingerprint density at radius 2 is 1.13 bits per heavy atom. The molecule has 0 bridgehead atoms. The molecule has 0 aliphatic rings. The molecule has 0 fully saturated rings. The summed E-state index contributed by atoms with van der Waals surface area (Å²) in [5, 5.41) is 30.8. The number of hydrogen-bond donors (Lipinski definition) is 1.